The number of rotatable bonds is 3. The summed E-state index contributed by atoms with van der Waals surface area (Å²) in [5.74, 6) is -0.173. The summed E-state index contributed by atoms with van der Waals surface area (Å²) in [5, 5.41) is 3.52. The molecule has 0 fully saturated rings. The molecule has 22 heavy (non-hydrogen) atoms. The predicted octanol–water partition coefficient (Wildman–Crippen LogP) is 2.15. The molecule has 1 heterocycles. The Bertz CT molecular complexity index is 962. The van der Waals surface area contributed by atoms with Gasteiger partial charge in [-0.15, -0.1) is 0 Å². The van der Waals surface area contributed by atoms with Gasteiger partial charge >= 0.3 is 6.08 Å². The maximum Gasteiger partial charge on any atom is 0.313 e. The van der Waals surface area contributed by atoms with E-state index in [1.54, 1.807) is 30.3 Å². The number of nitrogens with zero attached hydrogens (tertiary/aromatic N) is 3. The normalized spacial score (nSPS) is 11.5. The molecule has 0 saturated carbocycles. The van der Waals surface area contributed by atoms with E-state index in [0.717, 1.165) is 6.33 Å². The predicted molar refractivity (Wildman–Crippen MR) is 76.8 cm³/mol. The average molecular weight is 320 g/mol. The molecule has 2 N–H and O–H groups in total. The first-order valence-electron chi connectivity index (χ1n) is 6.06. The first kappa shape index (κ1) is 14.3. The van der Waals surface area contributed by atoms with Gasteiger partial charge in [0.05, 0.1) is 5.69 Å². The maximum absolute atomic E-state index is 13.0. The molecule has 2 aromatic carbocycles. The minimum Gasteiger partial charge on any atom is -0.323 e. The number of nitrogens with one attached hydrogen (secondary N) is 1. The third-order valence-electron chi connectivity index (χ3n) is 2.93. The van der Waals surface area contributed by atoms with Crippen LogP contribution in [0.1, 0.15) is 0 Å². The second kappa shape index (κ2) is 5.28. The highest BCUT2D eigenvalue weighted by Crippen LogP contribution is 2.31. The fourth-order valence-electron chi connectivity index (χ4n) is 2.08. The second-order valence-electron chi connectivity index (χ2n) is 4.34. The second-order valence-corrected chi connectivity index (χ2v) is 5.70. The van der Waals surface area contributed by atoms with Crippen molar-refractivity contribution in [2.24, 2.45) is 0 Å². The molecule has 9 heteroatoms. The molecule has 112 valence electrons. The van der Waals surface area contributed by atoms with Gasteiger partial charge in [0.1, 0.15) is 11.2 Å². The molecule has 3 rings (SSSR count). The third-order valence-corrected chi connectivity index (χ3v) is 3.88. The van der Waals surface area contributed by atoms with Crippen molar-refractivity contribution in [2.75, 3.05) is 5.32 Å². The lowest BCUT2D eigenvalue weighted by molar-refractivity contribution is 0.484. The van der Waals surface area contributed by atoms with Gasteiger partial charge in [-0.1, -0.05) is 30.3 Å². The highest BCUT2D eigenvalue weighted by molar-refractivity contribution is 7.86. The molecule has 0 saturated heterocycles. The van der Waals surface area contributed by atoms with Crippen LogP contribution in [0.3, 0.4) is 0 Å². The number of fused-ring (bicyclic) bond motifs is 1. The highest BCUT2D eigenvalue weighted by Gasteiger charge is 2.20. The van der Waals surface area contributed by atoms with Crippen LogP contribution < -0.4 is 5.32 Å². The van der Waals surface area contributed by atoms with Crippen LogP contribution in [0, 0.1) is 6.08 Å². The lowest BCUT2D eigenvalue weighted by Gasteiger charge is -2.11. The van der Waals surface area contributed by atoms with Gasteiger partial charge in [0.25, 0.3) is 10.1 Å². The van der Waals surface area contributed by atoms with E-state index in [1.165, 1.54) is 6.07 Å². The Morgan fingerprint density at radius 1 is 1.09 bits per heavy atom. The van der Waals surface area contributed by atoms with E-state index in [-0.39, 0.29) is 16.5 Å². The summed E-state index contributed by atoms with van der Waals surface area (Å²) in [6.45, 7) is 0. The molecule has 1 aromatic heterocycles. The lowest BCUT2D eigenvalue weighted by atomic mass is 10.1. The van der Waals surface area contributed by atoms with Gasteiger partial charge in [-0.25, -0.2) is 4.98 Å². The fourth-order valence-corrected chi connectivity index (χ4v) is 2.94. The summed E-state index contributed by atoms with van der Waals surface area (Å²) >= 11 is 0. The zero-order valence-corrected chi connectivity index (χ0v) is 11.7. The molecule has 0 radical (unpaired) electrons. The van der Waals surface area contributed by atoms with Crippen LogP contribution in [0.15, 0.2) is 47.6 Å². The van der Waals surface area contributed by atoms with Crippen molar-refractivity contribution in [3.05, 3.63) is 48.8 Å². The monoisotopic (exact) mass is 320 g/mol. The molecule has 0 aliphatic carbocycles. The smallest absolute Gasteiger partial charge is 0.313 e. The molecule has 0 aliphatic heterocycles. The van der Waals surface area contributed by atoms with Gasteiger partial charge in [0.2, 0.25) is 5.95 Å². The number of hydrogen-bond donors (Lipinski definition) is 2. The van der Waals surface area contributed by atoms with Crippen molar-refractivity contribution in [1.82, 2.24) is 15.0 Å². The summed E-state index contributed by atoms with van der Waals surface area (Å²) in [6, 6.07) is 9.74. The first-order valence-corrected chi connectivity index (χ1v) is 7.50. The number of hydrogen-bond acceptors (Lipinski definition) is 6. The molecule has 3 aromatic rings. The highest BCUT2D eigenvalue weighted by atomic mass is 32.2. The Morgan fingerprint density at radius 2 is 1.86 bits per heavy atom. The molecule has 0 amide bonds. The topological polar surface area (TPSA) is 105 Å². The minimum atomic E-state index is -4.52. The zero-order chi connectivity index (χ0) is 15.7. The molecule has 0 atom stereocenters. The van der Waals surface area contributed by atoms with Gasteiger partial charge in [-0.2, -0.15) is 22.8 Å². The molecular weight excluding hydrogens is 311 g/mol. The van der Waals surface area contributed by atoms with Crippen LogP contribution in [0.25, 0.3) is 10.8 Å². The molecule has 0 spiro atoms. The quantitative estimate of drug-likeness (QED) is 0.712. The standard InChI is InChI=1S/C13H9FN4O3S/c14-12-15-7-16-13(18-12)17-10-6-5-8-3-1-2-4-9(8)11(10)22(19,20)21/h1-7H,(H,19,20,21)(H,15,16,17,18). The van der Waals surface area contributed by atoms with E-state index in [2.05, 4.69) is 20.3 Å². The van der Waals surface area contributed by atoms with Crippen LogP contribution in [-0.4, -0.2) is 27.9 Å². The van der Waals surface area contributed by atoms with Gasteiger partial charge in [0.15, 0.2) is 0 Å². The van der Waals surface area contributed by atoms with E-state index in [0.29, 0.717) is 10.8 Å². The fraction of sp³-hybridized carbons (Fsp3) is 0. The van der Waals surface area contributed by atoms with E-state index >= 15 is 0 Å². The SMILES string of the molecule is O=S(=O)(O)c1c(Nc2ncnc(F)n2)ccc2ccccc12. The van der Waals surface area contributed by atoms with Gasteiger partial charge < -0.3 is 5.32 Å². The van der Waals surface area contributed by atoms with Crippen molar-refractivity contribution in [3.63, 3.8) is 0 Å². The van der Waals surface area contributed by atoms with Crippen LogP contribution in [-0.2, 0) is 10.1 Å². The first-order chi connectivity index (χ1) is 10.4. The van der Waals surface area contributed by atoms with Gasteiger partial charge in [-0.05, 0) is 11.5 Å². The Kier molecular flexibility index (Phi) is 3.43. The largest absolute Gasteiger partial charge is 0.323 e. The van der Waals surface area contributed by atoms with Crippen LogP contribution in [0.5, 0.6) is 0 Å². The molecule has 0 aliphatic rings. The molecule has 7 nitrogen and oxygen atoms in total. The van der Waals surface area contributed by atoms with Crippen LogP contribution in [0.4, 0.5) is 16.0 Å². The third kappa shape index (κ3) is 2.71. The van der Waals surface area contributed by atoms with Crippen molar-refractivity contribution >= 4 is 32.5 Å². The molecular formula is C13H9FN4O3S. The number of benzene rings is 2. The summed E-state index contributed by atoms with van der Waals surface area (Å²) < 4.78 is 45.9. The van der Waals surface area contributed by atoms with Crippen LogP contribution >= 0.6 is 0 Å². The number of anilines is 2. The Morgan fingerprint density at radius 3 is 2.59 bits per heavy atom. The summed E-state index contributed by atoms with van der Waals surface area (Å²) in [7, 11) is -4.52. The van der Waals surface area contributed by atoms with Crippen molar-refractivity contribution in [2.45, 2.75) is 4.90 Å². The van der Waals surface area contributed by atoms with Gasteiger partial charge in [-0.3, -0.25) is 4.55 Å². The van der Waals surface area contributed by atoms with Crippen LogP contribution in [0.2, 0.25) is 0 Å². The Labute approximate surface area is 124 Å². The van der Waals surface area contributed by atoms with Gasteiger partial charge in [0, 0.05) is 5.39 Å². The summed E-state index contributed by atoms with van der Waals surface area (Å²) in [4.78, 5) is 9.96. The van der Waals surface area contributed by atoms with Crippen molar-refractivity contribution in [1.29, 1.82) is 0 Å². The van der Waals surface area contributed by atoms with E-state index in [1.807, 2.05) is 0 Å². The average Bonchev–Trinajstić information content (AvgIpc) is 2.45. The van der Waals surface area contributed by atoms with Crippen molar-refractivity contribution < 1.29 is 17.4 Å². The zero-order valence-electron chi connectivity index (χ0n) is 10.9. The van der Waals surface area contributed by atoms with Crippen molar-refractivity contribution in [3.8, 4) is 0 Å². The maximum atomic E-state index is 13.0. The van der Waals surface area contributed by atoms with E-state index in [9.17, 15) is 17.4 Å². The summed E-state index contributed by atoms with van der Waals surface area (Å²) in [6.07, 6.45) is -0.0644. The number of halogens is 1. The Hall–Kier alpha value is -2.65. The summed E-state index contributed by atoms with van der Waals surface area (Å²) in [5.41, 5.74) is 0.0341. The van der Waals surface area contributed by atoms with E-state index < -0.39 is 16.2 Å². The molecule has 0 bridgehead atoms. The number of aromatic nitrogens is 3. The minimum absolute atomic E-state index is 0.0341. The lowest BCUT2D eigenvalue weighted by Crippen LogP contribution is -2.07. The molecule has 0 unspecified atom stereocenters. The Balaban J connectivity index is 2.21. The van der Waals surface area contributed by atoms with E-state index in [4.69, 9.17) is 0 Å².